The lowest BCUT2D eigenvalue weighted by atomic mass is 10.0. The smallest absolute Gasteiger partial charge is 0.340 e. The minimum absolute atomic E-state index is 0.141. The van der Waals surface area contributed by atoms with Gasteiger partial charge in [-0.15, -0.1) is 0 Å². The summed E-state index contributed by atoms with van der Waals surface area (Å²) in [4.78, 5) is 26.3. The fraction of sp³-hybridized carbons (Fsp3) is 0.333. The highest BCUT2D eigenvalue weighted by atomic mass is 19.1. The third kappa shape index (κ3) is 3.54. The molecule has 0 N–H and O–H groups in total. The molecule has 2 rings (SSSR count). The minimum Gasteiger partial charge on any atom is -0.465 e. The first kappa shape index (κ1) is 17.9. The first-order valence-corrected chi connectivity index (χ1v) is 7.57. The van der Waals surface area contributed by atoms with Crippen molar-refractivity contribution in [2.24, 2.45) is 0 Å². The second-order valence-corrected chi connectivity index (χ2v) is 5.33. The molecule has 24 heavy (non-hydrogen) atoms. The molecule has 1 aliphatic heterocycles. The highest BCUT2D eigenvalue weighted by molar-refractivity contribution is 6.16. The highest BCUT2D eigenvalue weighted by Gasteiger charge is 2.36. The van der Waals surface area contributed by atoms with Gasteiger partial charge in [0.25, 0.3) is 5.91 Å². The van der Waals surface area contributed by atoms with Crippen molar-refractivity contribution in [1.82, 2.24) is 4.90 Å². The van der Waals surface area contributed by atoms with Gasteiger partial charge in [-0.1, -0.05) is 18.2 Å². The number of esters is 1. The fourth-order valence-corrected chi connectivity index (χ4v) is 2.61. The van der Waals surface area contributed by atoms with Crippen molar-refractivity contribution < 1.29 is 23.5 Å². The van der Waals surface area contributed by atoms with Crippen LogP contribution < -0.4 is 0 Å². The van der Waals surface area contributed by atoms with Crippen LogP contribution in [0.2, 0.25) is 0 Å². The predicted molar refractivity (Wildman–Crippen MR) is 87.3 cm³/mol. The summed E-state index contributed by atoms with van der Waals surface area (Å²) < 4.78 is 23.7. The van der Waals surface area contributed by atoms with Crippen molar-refractivity contribution in [3.05, 3.63) is 52.5 Å². The van der Waals surface area contributed by atoms with E-state index >= 15 is 0 Å². The summed E-state index contributed by atoms with van der Waals surface area (Å²) in [6, 6.07) is 6.08. The Bertz CT molecular complexity index is 709. The average molecular weight is 333 g/mol. The van der Waals surface area contributed by atoms with Crippen molar-refractivity contribution in [2.75, 3.05) is 27.4 Å². The molecule has 0 aromatic heterocycles. The molecule has 5 nitrogen and oxygen atoms in total. The number of carbonyl (C=O) groups excluding carboxylic acids is 2. The predicted octanol–water partition coefficient (Wildman–Crippen LogP) is 2.53. The number of carbonyl (C=O) groups is 2. The van der Waals surface area contributed by atoms with Crippen molar-refractivity contribution in [3.8, 4) is 0 Å². The maximum atomic E-state index is 13.9. The van der Waals surface area contributed by atoms with Crippen LogP contribution in [0.15, 0.2) is 41.1 Å². The molecule has 0 bridgehead atoms. The summed E-state index contributed by atoms with van der Waals surface area (Å²) in [5.74, 6) is -1.41. The number of nitrogens with zero attached hydrogens (tertiary/aromatic N) is 1. The second-order valence-electron chi connectivity index (χ2n) is 5.33. The summed E-state index contributed by atoms with van der Waals surface area (Å²) in [6.45, 7) is 2.59. The number of amides is 1. The van der Waals surface area contributed by atoms with Gasteiger partial charge in [0.1, 0.15) is 5.82 Å². The topological polar surface area (TPSA) is 55.8 Å². The number of hydrogen-bond acceptors (Lipinski definition) is 4. The molecule has 1 amide bonds. The van der Waals surface area contributed by atoms with E-state index in [1.807, 2.05) is 0 Å². The molecule has 1 aliphatic rings. The summed E-state index contributed by atoms with van der Waals surface area (Å²) in [7, 11) is 2.83. The van der Waals surface area contributed by atoms with Gasteiger partial charge in [-0.25, -0.2) is 9.18 Å². The van der Waals surface area contributed by atoms with Gasteiger partial charge < -0.3 is 14.4 Å². The zero-order valence-electron chi connectivity index (χ0n) is 14.0. The number of rotatable bonds is 6. The first-order valence-electron chi connectivity index (χ1n) is 7.57. The lowest BCUT2D eigenvalue weighted by Gasteiger charge is -2.17. The first-order chi connectivity index (χ1) is 11.5. The Morgan fingerprint density at radius 2 is 2.00 bits per heavy atom. The normalized spacial score (nSPS) is 16.2. The van der Waals surface area contributed by atoms with Crippen LogP contribution in [0.5, 0.6) is 0 Å². The molecule has 0 unspecified atom stereocenters. The van der Waals surface area contributed by atoms with Crippen LogP contribution >= 0.6 is 0 Å². The van der Waals surface area contributed by atoms with E-state index in [-0.39, 0.29) is 22.6 Å². The van der Waals surface area contributed by atoms with Gasteiger partial charge in [0.15, 0.2) is 0 Å². The maximum absolute atomic E-state index is 13.9. The van der Waals surface area contributed by atoms with Crippen LogP contribution in [0.1, 0.15) is 18.9 Å². The van der Waals surface area contributed by atoms with Crippen LogP contribution in [-0.2, 0) is 19.1 Å². The highest BCUT2D eigenvalue weighted by Crippen LogP contribution is 2.32. The molecule has 0 fully saturated rings. The number of halogens is 1. The van der Waals surface area contributed by atoms with E-state index in [0.29, 0.717) is 25.3 Å². The van der Waals surface area contributed by atoms with Crippen molar-refractivity contribution in [2.45, 2.75) is 13.3 Å². The zero-order valence-corrected chi connectivity index (χ0v) is 14.0. The molecule has 0 aliphatic carbocycles. The standard InChI is InChI=1S/C18H20FNO4/c1-12-16(18(22)24-3)14(11-13-7-4-5-8-15(13)19)17(21)20(12)9-6-10-23-2/h4-5,7-8,11H,6,9-10H2,1-3H3/b14-11-. The quantitative estimate of drug-likeness (QED) is 0.456. The number of hydrogen-bond donors (Lipinski definition) is 0. The molecular weight excluding hydrogens is 313 g/mol. The van der Waals surface area contributed by atoms with E-state index in [1.54, 1.807) is 32.2 Å². The molecular formula is C18H20FNO4. The number of benzene rings is 1. The third-order valence-electron chi connectivity index (χ3n) is 3.84. The molecule has 0 spiro atoms. The summed E-state index contributed by atoms with van der Waals surface area (Å²) in [5, 5.41) is 0. The van der Waals surface area contributed by atoms with E-state index in [1.165, 1.54) is 24.2 Å². The molecule has 1 heterocycles. The van der Waals surface area contributed by atoms with Crippen LogP contribution in [-0.4, -0.2) is 44.1 Å². The lowest BCUT2D eigenvalue weighted by Crippen LogP contribution is -2.27. The fourth-order valence-electron chi connectivity index (χ4n) is 2.61. The molecule has 128 valence electrons. The Balaban J connectivity index is 2.44. The Hall–Kier alpha value is -2.47. The zero-order chi connectivity index (χ0) is 17.7. The third-order valence-corrected chi connectivity index (χ3v) is 3.84. The minimum atomic E-state index is -0.613. The van der Waals surface area contributed by atoms with E-state index in [2.05, 4.69) is 0 Å². The SMILES string of the molecule is COCCCN1C(=O)/C(=C\c2ccccc2F)C(C(=O)OC)=C1C. The van der Waals surface area contributed by atoms with Gasteiger partial charge in [0.05, 0.1) is 18.3 Å². The molecule has 0 radical (unpaired) electrons. The Labute approximate surface area is 140 Å². The number of methoxy groups -OCH3 is 2. The van der Waals surface area contributed by atoms with Gasteiger partial charge in [-0.05, 0) is 25.5 Å². The monoisotopic (exact) mass is 333 g/mol. The summed E-state index contributed by atoms with van der Waals surface area (Å²) >= 11 is 0. The summed E-state index contributed by atoms with van der Waals surface area (Å²) in [5.41, 5.74) is 1.06. The van der Waals surface area contributed by atoms with Gasteiger partial charge in [0, 0.05) is 31.5 Å². The molecule has 0 atom stereocenters. The van der Waals surface area contributed by atoms with Gasteiger partial charge in [-0.2, -0.15) is 0 Å². The van der Waals surface area contributed by atoms with E-state index in [4.69, 9.17) is 9.47 Å². The second kappa shape index (κ2) is 7.88. The average Bonchev–Trinajstić information content (AvgIpc) is 2.80. The molecule has 1 aromatic rings. The molecule has 0 saturated heterocycles. The van der Waals surface area contributed by atoms with Crippen molar-refractivity contribution in [3.63, 3.8) is 0 Å². The maximum Gasteiger partial charge on any atom is 0.340 e. The van der Waals surface area contributed by atoms with Gasteiger partial charge in [0.2, 0.25) is 0 Å². The van der Waals surface area contributed by atoms with Gasteiger partial charge in [-0.3, -0.25) is 4.79 Å². The van der Waals surface area contributed by atoms with E-state index in [0.717, 1.165) is 0 Å². The van der Waals surface area contributed by atoms with Crippen molar-refractivity contribution >= 4 is 18.0 Å². The van der Waals surface area contributed by atoms with Crippen molar-refractivity contribution in [1.29, 1.82) is 0 Å². The van der Waals surface area contributed by atoms with Gasteiger partial charge >= 0.3 is 5.97 Å². The van der Waals surface area contributed by atoms with Crippen LogP contribution in [0.25, 0.3) is 6.08 Å². The Morgan fingerprint density at radius 3 is 2.62 bits per heavy atom. The Morgan fingerprint density at radius 1 is 1.29 bits per heavy atom. The van der Waals surface area contributed by atoms with E-state index < -0.39 is 11.8 Å². The number of allylic oxidation sites excluding steroid dienone is 1. The van der Waals surface area contributed by atoms with E-state index in [9.17, 15) is 14.0 Å². The molecule has 1 aromatic carbocycles. The van der Waals surface area contributed by atoms with Crippen LogP contribution in [0, 0.1) is 5.82 Å². The summed E-state index contributed by atoms with van der Waals surface area (Å²) in [6.07, 6.45) is 2.02. The molecule has 0 saturated carbocycles. The largest absolute Gasteiger partial charge is 0.465 e. The van der Waals surface area contributed by atoms with Crippen LogP contribution in [0.4, 0.5) is 4.39 Å². The Kier molecular flexibility index (Phi) is 5.87. The van der Waals surface area contributed by atoms with Crippen LogP contribution in [0.3, 0.4) is 0 Å². The molecule has 6 heteroatoms. The number of ether oxygens (including phenoxy) is 2. The lowest BCUT2D eigenvalue weighted by molar-refractivity contribution is -0.136.